The van der Waals surface area contributed by atoms with E-state index in [2.05, 4.69) is 15.3 Å². The summed E-state index contributed by atoms with van der Waals surface area (Å²) in [5, 5.41) is 2.87. The predicted octanol–water partition coefficient (Wildman–Crippen LogP) is 4.29. The number of ether oxygens (including phenoxy) is 1. The highest BCUT2D eigenvalue weighted by Crippen LogP contribution is 2.32. The predicted molar refractivity (Wildman–Crippen MR) is 72.8 cm³/mol. The van der Waals surface area contributed by atoms with Gasteiger partial charge in [-0.2, -0.15) is 18.2 Å². The molecule has 0 amide bonds. The van der Waals surface area contributed by atoms with Gasteiger partial charge in [0.15, 0.2) is 5.69 Å². The first-order valence-corrected chi connectivity index (χ1v) is 6.25. The second-order valence-electron chi connectivity index (χ2n) is 4.17. The Bertz CT molecular complexity index is 662. The van der Waals surface area contributed by atoms with E-state index in [1.165, 1.54) is 13.1 Å². The maximum atomic E-state index is 12.8. The summed E-state index contributed by atoms with van der Waals surface area (Å²) in [6.07, 6.45) is -4.59. The molecule has 0 saturated heterocycles. The molecule has 0 radical (unpaired) electrons. The first-order chi connectivity index (χ1) is 9.79. The quantitative estimate of drug-likeness (QED) is 0.917. The van der Waals surface area contributed by atoms with Crippen LogP contribution < -0.4 is 10.1 Å². The number of aryl methyl sites for hydroxylation is 1. The monoisotopic (exact) mass is 317 g/mol. The minimum absolute atomic E-state index is 0.181. The van der Waals surface area contributed by atoms with E-state index in [-0.39, 0.29) is 11.8 Å². The maximum Gasteiger partial charge on any atom is 0.433 e. The smallest absolute Gasteiger partial charge is 0.433 e. The number of halogens is 4. The van der Waals surface area contributed by atoms with Crippen molar-refractivity contribution in [2.75, 3.05) is 12.4 Å². The Kier molecular flexibility index (Phi) is 4.22. The van der Waals surface area contributed by atoms with E-state index >= 15 is 0 Å². The Hall–Kier alpha value is -2.02. The van der Waals surface area contributed by atoms with Crippen molar-refractivity contribution in [3.63, 3.8) is 0 Å². The van der Waals surface area contributed by atoms with Gasteiger partial charge in [-0.15, -0.1) is 0 Å². The zero-order valence-electron chi connectivity index (χ0n) is 11.1. The van der Waals surface area contributed by atoms with E-state index < -0.39 is 11.9 Å². The van der Waals surface area contributed by atoms with Crippen molar-refractivity contribution in [2.24, 2.45) is 0 Å². The van der Waals surface area contributed by atoms with Crippen molar-refractivity contribution in [3.05, 3.63) is 40.5 Å². The molecule has 2 aromatic rings. The Labute approximate surface area is 123 Å². The van der Waals surface area contributed by atoms with Gasteiger partial charge in [0, 0.05) is 18.1 Å². The minimum Gasteiger partial charge on any atom is -0.439 e. The Morgan fingerprint density at radius 1 is 1.19 bits per heavy atom. The summed E-state index contributed by atoms with van der Waals surface area (Å²) < 4.78 is 43.7. The van der Waals surface area contributed by atoms with Gasteiger partial charge in [-0.05, 0) is 24.6 Å². The Balaban J connectivity index is 2.42. The standard InChI is InChI=1S/C13H11ClF3N3O/c1-7-3-4-8(14)5-9(7)21-11-6-10(13(15,16)17)19-12(18-2)20-11/h3-6H,1-2H3,(H,18,19,20). The molecular formula is C13H11ClF3N3O. The second kappa shape index (κ2) is 5.77. The van der Waals surface area contributed by atoms with Crippen LogP contribution in [0.2, 0.25) is 5.02 Å². The molecule has 0 fully saturated rings. The molecule has 1 heterocycles. The van der Waals surface area contributed by atoms with Crippen molar-refractivity contribution < 1.29 is 17.9 Å². The number of rotatable bonds is 3. The molecule has 0 aliphatic carbocycles. The summed E-state index contributed by atoms with van der Waals surface area (Å²) in [7, 11) is 1.42. The molecule has 0 spiro atoms. The lowest BCUT2D eigenvalue weighted by Crippen LogP contribution is -2.11. The van der Waals surface area contributed by atoms with Crippen molar-refractivity contribution >= 4 is 17.5 Å². The average molecular weight is 318 g/mol. The van der Waals surface area contributed by atoms with Gasteiger partial charge in [0.1, 0.15) is 5.75 Å². The minimum atomic E-state index is -4.59. The summed E-state index contributed by atoms with van der Waals surface area (Å²) >= 11 is 5.84. The van der Waals surface area contributed by atoms with Crippen LogP contribution in [0.15, 0.2) is 24.3 Å². The van der Waals surface area contributed by atoms with Gasteiger partial charge in [-0.3, -0.25) is 0 Å². The highest BCUT2D eigenvalue weighted by molar-refractivity contribution is 6.30. The molecule has 0 atom stereocenters. The van der Waals surface area contributed by atoms with Crippen LogP contribution in [0, 0.1) is 6.92 Å². The first-order valence-electron chi connectivity index (χ1n) is 5.87. The molecule has 4 nitrogen and oxygen atoms in total. The van der Waals surface area contributed by atoms with E-state index in [9.17, 15) is 13.2 Å². The molecule has 1 aromatic carbocycles. The van der Waals surface area contributed by atoms with Gasteiger partial charge in [0.05, 0.1) is 0 Å². The van der Waals surface area contributed by atoms with Gasteiger partial charge in [0.25, 0.3) is 0 Å². The molecule has 0 saturated carbocycles. The van der Waals surface area contributed by atoms with Gasteiger partial charge in [-0.25, -0.2) is 4.98 Å². The molecule has 2 rings (SSSR count). The van der Waals surface area contributed by atoms with Crippen LogP contribution in [0.1, 0.15) is 11.3 Å². The topological polar surface area (TPSA) is 47.0 Å². The van der Waals surface area contributed by atoms with Crippen molar-refractivity contribution in [1.82, 2.24) is 9.97 Å². The van der Waals surface area contributed by atoms with Crippen LogP contribution >= 0.6 is 11.6 Å². The lowest BCUT2D eigenvalue weighted by atomic mass is 10.2. The highest BCUT2D eigenvalue weighted by atomic mass is 35.5. The summed E-state index contributed by atoms with van der Waals surface area (Å²) in [5.74, 6) is -0.0667. The van der Waals surface area contributed by atoms with E-state index in [1.54, 1.807) is 19.1 Å². The zero-order chi connectivity index (χ0) is 15.6. The molecule has 112 valence electrons. The normalized spacial score (nSPS) is 11.3. The van der Waals surface area contributed by atoms with Crippen LogP contribution in [-0.2, 0) is 6.18 Å². The fraction of sp³-hybridized carbons (Fsp3) is 0.231. The molecule has 1 aromatic heterocycles. The highest BCUT2D eigenvalue weighted by Gasteiger charge is 2.34. The Morgan fingerprint density at radius 2 is 1.90 bits per heavy atom. The van der Waals surface area contributed by atoms with E-state index in [4.69, 9.17) is 16.3 Å². The zero-order valence-corrected chi connectivity index (χ0v) is 11.9. The third-order valence-corrected chi connectivity index (χ3v) is 2.82. The van der Waals surface area contributed by atoms with E-state index in [1.807, 2.05) is 0 Å². The molecule has 1 N–H and O–H groups in total. The summed E-state index contributed by atoms with van der Waals surface area (Å²) in [5.41, 5.74) is -0.367. The number of benzene rings is 1. The SMILES string of the molecule is CNc1nc(Oc2cc(Cl)ccc2C)cc(C(F)(F)F)n1. The van der Waals surface area contributed by atoms with Gasteiger partial charge in [-0.1, -0.05) is 17.7 Å². The molecule has 0 aliphatic rings. The lowest BCUT2D eigenvalue weighted by Gasteiger charge is -2.12. The third kappa shape index (κ3) is 3.75. The molecular weight excluding hydrogens is 307 g/mol. The Morgan fingerprint density at radius 3 is 2.52 bits per heavy atom. The third-order valence-electron chi connectivity index (χ3n) is 2.58. The number of alkyl halides is 3. The van der Waals surface area contributed by atoms with Gasteiger partial charge >= 0.3 is 6.18 Å². The first kappa shape index (κ1) is 15.4. The van der Waals surface area contributed by atoms with Crippen molar-refractivity contribution in [1.29, 1.82) is 0 Å². The van der Waals surface area contributed by atoms with Crippen LogP contribution in [0.25, 0.3) is 0 Å². The molecule has 8 heteroatoms. The summed E-state index contributed by atoms with van der Waals surface area (Å²) in [6, 6.07) is 5.60. The van der Waals surface area contributed by atoms with Crippen molar-refractivity contribution in [2.45, 2.75) is 13.1 Å². The number of hydrogen-bond acceptors (Lipinski definition) is 4. The fourth-order valence-corrected chi connectivity index (χ4v) is 1.69. The van der Waals surface area contributed by atoms with Crippen LogP contribution in [0.4, 0.5) is 19.1 Å². The number of nitrogens with one attached hydrogen (secondary N) is 1. The van der Waals surface area contributed by atoms with Crippen LogP contribution in [0.3, 0.4) is 0 Å². The van der Waals surface area contributed by atoms with Crippen molar-refractivity contribution in [3.8, 4) is 11.6 Å². The maximum absolute atomic E-state index is 12.8. The fourth-order valence-electron chi connectivity index (χ4n) is 1.53. The lowest BCUT2D eigenvalue weighted by molar-refractivity contribution is -0.141. The number of aromatic nitrogens is 2. The van der Waals surface area contributed by atoms with E-state index in [0.717, 1.165) is 11.6 Å². The molecule has 0 unspecified atom stereocenters. The summed E-state index contributed by atoms with van der Waals surface area (Å²) in [6.45, 7) is 1.75. The average Bonchev–Trinajstić information content (AvgIpc) is 2.41. The molecule has 0 bridgehead atoms. The largest absolute Gasteiger partial charge is 0.439 e. The van der Waals surface area contributed by atoms with Crippen LogP contribution in [-0.4, -0.2) is 17.0 Å². The van der Waals surface area contributed by atoms with Crippen LogP contribution in [0.5, 0.6) is 11.6 Å². The summed E-state index contributed by atoms with van der Waals surface area (Å²) in [4.78, 5) is 7.20. The second-order valence-corrected chi connectivity index (χ2v) is 4.61. The number of hydrogen-bond donors (Lipinski definition) is 1. The molecule has 0 aliphatic heterocycles. The molecule has 21 heavy (non-hydrogen) atoms. The van der Waals surface area contributed by atoms with Gasteiger partial charge < -0.3 is 10.1 Å². The number of nitrogens with zero attached hydrogens (tertiary/aromatic N) is 2. The van der Waals surface area contributed by atoms with Gasteiger partial charge in [0.2, 0.25) is 11.8 Å². The number of anilines is 1. The van der Waals surface area contributed by atoms with E-state index in [0.29, 0.717) is 10.8 Å².